The molecule has 1 unspecified atom stereocenters. The summed E-state index contributed by atoms with van der Waals surface area (Å²) in [6.45, 7) is 1.33. The van der Waals surface area contributed by atoms with E-state index in [1.807, 2.05) is 54.7 Å². The van der Waals surface area contributed by atoms with E-state index in [0.717, 1.165) is 54.1 Å². The van der Waals surface area contributed by atoms with Crippen molar-refractivity contribution >= 4 is 11.6 Å². The lowest BCUT2D eigenvalue weighted by atomic mass is 10.1. The molecule has 0 bridgehead atoms. The number of benzene rings is 2. The first kappa shape index (κ1) is 19.2. The minimum atomic E-state index is 0.00274. The fraction of sp³-hybridized carbons (Fsp3) is 0.304. The van der Waals surface area contributed by atoms with E-state index in [9.17, 15) is 4.79 Å². The van der Waals surface area contributed by atoms with E-state index in [1.54, 1.807) is 6.33 Å². The third-order valence-corrected chi connectivity index (χ3v) is 4.98. The quantitative estimate of drug-likeness (QED) is 0.603. The number of nitrogens with one attached hydrogen (secondary N) is 2. The number of carbonyl (C=O) groups excluding carboxylic acids is 1. The van der Waals surface area contributed by atoms with Gasteiger partial charge in [0.25, 0.3) is 0 Å². The van der Waals surface area contributed by atoms with Gasteiger partial charge < -0.3 is 19.8 Å². The number of rotatable bonds is 8. The Kier molecular flexibility index (Phi) is 6.22. The van der Waals surface area contributed by atoms with Gasteiger partial charge in [-0.05, 0) is 42.7 Å². The molecule has 2 N–H and O–H groups in total. The van der Waals surface area contributed by atoms with Gasteiger partial charge in [0.2, 0.25) is 5.91 Å². The average Bonchev–Trinajstić information content (AvgIpc) is 3.44. The van der Waals surface area contributed by atoms with Crippen LogP contribution < -0.4 is 10.1 Å². The van der Waals surface area contributed by atoms with Crippen LogP contribution in [0.1, 0.15) is 24.8 Å². The van der Waals surface area contributed by atoms with Gasteiger partial charge in [0, 0.05) is 30.5 Å². The van der Waals surface area contributed by atoms with Crippen molar-refractivity contribution in [1.82, 2.24) is 9.97 Å². The van der Waals surface area contributed by atoms with Gasteiger partial charge in [-0.15, -0.1) is 0 Å². The number of amides is 1. The Bertz CT molecular complexity index is 917. The van der Waals surface area contributed by atoms with E-state index in [2.05, 4.69) is 15.3 Å². The largest absolute Gasteiger partial charge is 0.493 e. The molecule has 0 aliphatic carbocycles. The number of H-pyrrole nitrogens is 1. The van der Waals surface area contributed by atoms with Gasteiger partial charge in [0.05, 0.1) is 31.2 Å². The van der Waals surface area contributed by atoms with Crippen LogP contribution in [0.4, 0.5) is 5.69 Å². The zero-order valence-corrected chi connectivity index (χ0v) is 16.3. The second-order valence-electron chi connectivity index (χ2n) is 7.13. The first-order valence-electron chi connectivity index (χ1n) is 9.99. The zero-order chi connectivity index (χ0) is 19.9. The SMILES string of the molecule is O=C(CC1CCCO1)Nc1ccc(CCOc2ccccc2-c2c[nH]cn2)cc1. The lowest BCUT2D eigenvalue weighted by Crippen LogP contribution is -2.19. The summed E-state index contributed by atoms with van der Waals surface area (Å²) < 4.78 is 11.5. The molecule has 150 valence electrons. The number of para-hydroxylation sites is 1. The molecule has 3 aromatic rings. The Morgan fingerprint density at radius 3 is 2.83 bits per heavy atom. The van der Waals surface area contributed by atoms with Crippen LogP contribution in [-0.4, -0.2) is 35.2 Å². The standard InChI is InChI=1S/C23H25N3O3/c27-23(14-19-4-3-12-28-19)26-18-9-7-17(8-10-18)11-13-29-22-6-2-1-5-20(22)21-15-24-16-25-21/h1-2,5-10,15-16,19H,3-4,11-14H2,(H,24,25)(H,26,27). The molecule has 0 saturated carbocycles. The Morgan fingerprint density at radius 2 is 2.07 bits per heavy atom. The van der Waals surface area contributed by atoms with Crippen LogP contribution in [0.5, 0.6) is 5.75 Å². The second-order valence-corrected chi connectivity index (χ2v) is 7.13. The van der Waals surface area contributed by atoms with Gasteiger partial charge in [-0.25, -0.2) is 4.98 Å². The number of anilines is 1. The van der Waals surface area contributed by atoms with Crippen molar-refractivity contribution in [3.8, 4) is 17.0 Å². The van der Waals surface area contributed by atoms with Crippen molar-refractivity contribution < 1.29 is 14.3 Å². The molecule has 0 radical (unpaired) electrons. The fourth-order valence-electron chi connectivity index (χ4n) is 3.47. The Morgan fingerprint density at radius 1 is 1.21 bits per heavy atom. The van der Waals surface area contributed by atoms with Gasteiger partial charge in [0.1, 0.15) is 5.75 Å². The molecule has 1 atom stereocenters. The Labute approximate surface area is 170 Å². The van der Waals surface area contributed by atoms with E-state index in [-0.39, 0.29) is 12.0 Å². The van der Waals surface area contributed by atoms with Gasteiger partial charge in [-0.2, -0.15) is 0 Å². The van der Waals surface area contributed by atoms with E-state index >= 15 is 0 Å². The second kappa shape index (κ2) is 9.39. The van der Waals surface area contributed by atoms with Crippen molar-refractivity contribution in [3.05, 3.63) is 66.6 Å². The molecule has 1 aromatic heterocycles. The summed E-state index contributed by atoms with van der Waals surface area (Å²) in [5, 5.41) is 2.94. The lowest BCUT2D eigenvalue weighted by molar-refractivity contribution is -0.118. The van der Waals surface area contributed by atoms with Crippen LogP contribution in [0, 0.1) is 0 Å². The molecule has 0 spiro atoms. The van der Waals surface area contributed by atoms with Crippen LogP contribution in [-0.2, 0) is 16.0 Å². The molecule has 6 nitrogen and oxygen atoms in total. The topological polar surface area (TPSA) is 76.2 Å². The third kappa shape index (κ3) is 5.23. The minimum Gasteiger partial charge on any atom is -0.493 e. The monoisotopic (exact) mass is 391 g/mol. The number of aromatic nitrogens is 2. The first-order valence-corrected chi connectivity index (χ1v) is 9.99. The predicted octanol–water partition coefficient (Wildman–Crippen LogP) is 4.21. The van der Waals surface area contributed by atoms with Gasteiger partial charge >= 0.3 is 0 Å². The van der Waals surface area contributed by atoms with Crippen molar-refractivity contribution in [1.29, 1.82) is 0 Å². The number of imidazole rings is 1. The molecule has 2 aromatic carbocycles. The number of ether oxygens (including phenoxy) is 2. The van der Waals surface area contributed by atoms with Crippen molar-refractivity contribution in [3.63, 3.8) is 0 Å². The minimum absolute atomic E-state index is 0.00274. The highest BCUT2D eigenvalue weighted by atomic mass is 16.5. The van der Waals surface area contributed by atoms with E-state index in [0.29, 0.717) is 13.0 Å². The zero-order valence-electron chi connectivity index (χ0n) is 16.3. The summed E-state index contributed by atoms with van der Waals surface area (Å²) in [4.78, 5) is 19.4. The van der Waals surface area contributed by atoms with E-state index < -0.39 is 0 Å². The molecular weight excluding hydrogens is 366 g/mol. The van der Waals surface area contributed by atoms with Gasteiger partial charge in [0.15, 0.2) is 0 Å². The molecule has 1 amide bonds. The molecule has 2 heterocycles. The van der Waals surface area contributed by atoms with Crippen LogP contribution in [0.2, 0.25) is 0 Å². The molecule has 29 heavy (non-hydrogen) atoms. The smallest absolute Gasteiger partial charge is 0.226 e. The highest BCUT2D eigenvalue weighted by Crippen LogP contribution is 2.28. The lowest BCUT2D eigenvalue weighted by Gasteiger charge is -2.11. The highest BCUT2D eigenvalue weighted by molar-refractivity contribution is 5.91. The fourth-order valence-corrected chi connectivity index (χ4v) is 3.47. The summed E-state index contributed by atoms with van der Waals surface area (Å²) in [5.74, 6) is 0.820. The summed E-state index contributed by atoms with van der Waals surface area (Å²) in [7, 11) is 0. The third-order valence-electron chi connectivity index (χ3n) is 4.98. The number of hydrogen-bond acceptors (Lipinski definition) is 4. The maximum atomic E-state index is 12.1. The number of nitrogens with zero attached hydrogens (tertiary/aromatic N) is 1. The van der Waals surface area contributed by atoms with Gasteiger partial charge in [-0.3, -0.25) is 4.79 Å². The summed E-state index contributed by atoms with van der Waals surface area (Å²) in [6, 6.07) is 15.8. The molecule has 1 fully saturated rings. The maximum absolute atomic E-state index is 12.1. The normalized spacial score (nSPS) is 15.9. The van der Waals surface area contributed by atoms with Crippen LogP contribution in [0.25, 0.3) is 11.3 Å². The summed E-state index contributed by atoms with van der Waals surface area (Å²) in [6.07, 6.45) is 6.79. The molecule has 1 saturated heterocycles. The molecule has 6 heteroatoms. The number of carbonyl (C=O) groups is 1. The predicted molar refractivity (Wildman–Crippen MR) is 112 cm³/mol. The van der Waals surface area contributed by atoms with Gasteiger partial charge in [-0.1, -0.05) is 24.3 Å². The van der Waals surface area contributed by atoms with Crippen molar-refractivity contribution in [2.75, 3.05) is 18.5 Å². The Hall–Kier alpha value is -3.12. The molecule has 1 aliphatic heterocycles. The Balaban J connectivity index is 1.27. The molecule has 1 aliphatic rings. The molecule has 4 rings (SSSR count). The van der Waals surface area contributed by atoms with Crippen molar-refractivity contribution in [2.45, 2.75) is 31.8 Å². The molecular formula is C23H25N3O3. The van der Waals surface area contributed by atoms with Crippen LogP contribution in [0.3, 0.4) is 0 Å². The number of hydrogen-bond donors (Lipinski definition) is 2. The highest BCUT2D eigenvalue weighted by Gasteiger charge is 2.19. The van der Waals surface area contributed by atoms with E-state index in [1.165, 1.54) is 0 Å². The maximum Gasteiger partial charge on any atom is 0.226 e. The van der Waals surface area contributed by atoms with Crippen LogP contribution in [0.15, 0.2) is 61.1 Å². The van der Waals surface area contributed by atoms with Crippen molar-refractivity contribution in [2.24, 2.45) is 0 Å². The first-order chi connectivity index (χ1) is 14.3. The van der Waals surface area contributed by atoms with E-state index in [4.69, 9.17) is 9.47 Å². The summed E-state index contributed by atoms with van der Waals surface area (Å²) in [5.41, 5.74) is 3.79. The average molecular weight is 391 g/mol. The number of aromatic amines is 1. The van der Waals surface area contributed by atoms with Crippen LogP contribution >= 0.6 is 0 Å². The summed E-state index contributed by atoms with van der Waals surface area (Å²) >= 11 is 0.